The SMILES string of the molecule is COc1cccc2c1OC[C@@]1(C(=O)O)CN(C(=O)c3cc[nH]c3)C[C@@H]21. The Kier molecular flexibility index (Phi) is 3.45. The van der Waals surface area contributed by atoms with Crippen LogP contribution in [0.1, 0.15) is 21.8 Å². The summed E-state index contributed by atoms with van der Waals surface area (Å²) in [5.41, 5.74) is 0.147. The number of methoxy groups -OCH3 is 1. The van der Waals surface area contributed by atoms with Crippen LogP contribution in [0.3, 0.4) is 0 Å². The molecule has 2 aliphatic heterocycles. The summed E-state index contributed by atoms with van der Waals surface area (Å²) in [6, 6.07) is 7.13. The van der Waals surface area contributed by atoms with Crippen molar-refractivity contribution in [2.24, 2.45) is 5.41 Å². The molecule has 3 heterocycles. The maximum absolute atomic E-state index is 12.7. The van der Waals surface area contributed by atoms with Crippen molar-refractivity contribution in [1.82, 2.24) is 9.88 Å². The van der Waals surface area contributed by atoms with Gasteiger partial charge in [-0.3, -0.25) is 9.59 Å². The number of aromatic nitrogens is 1. The number of aromatic amines is 1. The Morgan fingerprint density at radius 3 is 2.92 bits per heavy atom. The van der Waals surface area contributed by atoms with Crippen molar-refractivity contribution < 1.29 is 24.2 Å². The van der Waals surface area contributed by atoms with Crippen LogP contribution >= 0.6 is 0 Å². The van der Waals surface area contributed by atoms with Crippen LogP contribution in [-0.4, -0.2) is 53.7 Å². The number of carboxylic acids is 1. The van der Waals surface area contributed by atoms with Gasteiger partial charge in [-0.2, -0.15) is 0 Å². The van der Waals surface area contributed by atoms with Crippen LogP contribution in [0.25, 0.3) is 0 Å². The van der Waals surface area contributed by atoms with E-state index in [2.05, 4.69) is 4.98 Å². The first-order valence-electron chi connectivity index (χ1n) is 8.02. The van der Waals surface area contributed by atoms with Crippen molar-refractivity contribution in [3.05, 3.63) is 47.8 Å². The number of para-hydroxylation sites is 1. The van der Waals surface area contributed by atoms with Crippen LogP contribution in [0, 0.1) is 5.41 Å². The van der Waals surface area contributed by atoms with Gasteiger partial charge >= 0.3 is 5.97 Å². The molecule has 0 spiro atoms. The molecule has 0 radical (unpaired) electrons. The fraction of sp³-hybridized carbons (Fsp3) is 0.333. The molecule has 2 N–H and O–H groups in total. The van der Waals surface area contributed by atoms with E-state index in [1.165, 1.54) is 0 Å². The lowest BCUT2D eigenvalue weighted by Crippen LogP contribution is -2.46. The number of amides is 1. The molecular weight excluding hydrogens is 324 g/mol. The number of carbonyl (C=O) groups excluding carboxylic acids is 1. The average molecular weight is 342 g/mol. The first-order valence-corrected chi connectivity index (χ1v) is 8.02. The van der Waals surface area contributed by atoms with Gasteiger partial charge in [0.05, 0.1) is 12.7 Å². The lowest BCUT2D eigenvalue weighted by atomic mass is 9.73. The van der Waals surface area contributed by atoms with Gasteiger partial charge in [-0.05, 0) is 12.1 Å². The number of ether oxygens (including phenoxy) is 2. The van der Waals surface area contributed by atoms with E-state index in [0.29, 0.717) is 23.6 Å². The molecular formula is C18H18N2O5. The first-order chi connectivity index (χ1) is 12.1. The quantitative estimate of drug-likeness (QED) is 0.886. The van der Waals surface area contributed by atoms with E-state index in [9.17, 15) is 14.7 Å². The van der Waals surface area contributed by atoms with E-state index >= 15 is 0 Å². The molecule has 1 saturated heterocycles. The molecule has 1 fully saturated rings. The Balaban J connectivity index is 1.75. The van der Waals surface area contributed by atoms with Gasteiger partial charge in [0.25, 0.3) is 5.91 Å². The number of H-pyrrole nitrogens is 1. The van der Waals surface area contributed by atoms with E-state index in [-0.39, 0.29) is 25.0 Å². The van der Waals surface area contributed by atoms with Crippen molar-refractivity contribution in [2.45, 2.75) is 5.92 Å². The van der Waals surface area contributed by atoms with E-state index in [4.69, 9.17) is 9.47 Å². The van der Waals surface area contributed by atoms with Crippen molar-refractivity contribution >= 4 is 11.9 Å². The van der Waals surface area contributed by atoms with Crippen LogP contribution in [0.5, 0.6) is 11.5 Å². The zero-order valence-corrected chi connectivity index (χ0v) is 13.7. The molecule has 7 nitrogen and oxygen atoms in total. The highest BCUT2D eigenvalue weighted by atomic mass is 16.5. The van der Waals surface area contributed by atoms with Gasteiger partial charge in [-0.1, -0.05) is 12.1 Å². The van der Waals surface area contributed by atoms with Crippen LogP contribution in [-0.2, 0) is 4.79 Å². The zero-order valence-electron chi connectivity index (χ0n) is 13.7. The number of nitrogens with one attached hydrogen (secondary N) is 1. The number of rotatable bonds is 3. The summed E-state index contributed by atoms with van der Waals surface area (Å²) in [5, 5.41) is 9.93. The van der Waals surface area contributed by atoms with Gasteiger partial charge in [-0.25, -0.2) is 0 Å². The van der Waals surface area contributed by atoms with Crippen LogP contribution < -0.4 is 9.47 Å². The van der Waals surface area contributed by atoms with Crippen molar-refractivity contribution in [3.63, 3.8) is 0 Å². The highest BCUT2D eigenvalue weighted by Gasteiger charge is 2.58. The number of aliphatic carboxylic acids is 1. The number of benzene rings is 1. The summed E-state index contributed by atoms with van der Waals surface area (Å²) in [6.07, 6.45) is 3.29. The third-order valence-corrected chi connectivity index (χ3v) is 5.18. The molecule has 1 amide bonds. The number of hydrogen-bond donors (Lipinski definition) is 2. The molecule has 7 heteroatoms. The number of carboxylic acid groups (broad SMARTS) is 1. The van der Waals surface area contributed by atoms with Gasteiger partial charge in [-0.15, -0.1) is 0 Å². The molecule has 2 aromatic rings. The summed E-state index contributed by atoms with van der Waals surface area (Å²) >= 11 is 0. The molecule has 130 valence electrons. The molecule has 0 saturated carbocycles. The highest BCUT2D eigenvalue weighted by molar-refractivity contribution is 5.95. The largest absolute Gasteiger partial charge is 0.493 e. The predicted molar refractivity (Wildman–Crippen MR) is 88.0 cm³/mol. The molecule has 1 aromatic carbocycles. The molecule has 2 atom stereocenters. The standard InChI is InChI=1S/C18H18N2O5/c1-24-14-4-2-3-12-13-8-20(16(21)11-5-6-19-7-11)9-18(13,17(22)23)10-25-15(12)14/h2-7,13,19H,8-10H2,1H3,(H,22,23)/t13-,18-/m0/s1. The van der Waals surface area contributed by atoms with Gasteiger partial charge in [0, 0.05) is 37.0 Å². The van der Waals surface area contributed by atoms with Gasteiger partial charge in [0.1, 0.15) is 12.0 Å². The van der Waals surface area contributed by atoms with E-state index in [0.717, 1.165) is 5.56 Å². The highest BCUT2D eigenvalue weighted by Crippen LogP contribution is 2.52. The van der Waals surface area contributed by atoms with E-state index in [1.807, 2.05) is 12.1 Å². The first kappa shape index (κ1) is 15.6. The second-order valence-corrected chi connectivity index (χ2v) is 6.47. The maximum Gasteiger partial charge on any atom is 0.315 e. The molecule has 0 aliphatic carbocycles. The van der Waals surface area contributed by atoms with Crippen LogP contribution in [0.15, 0.2) is 36.7 Å². The lowest BCUT2D eigenvalue weighted by molar-refractivity contribution is -0.151. The van der Waals surface area contributed by atoms with Crippen LogP contribution in [0.4, 0.5) is 0 Å². The third-order valence-electron chi connectivity index (χ3n) is 5.18. The Labute approximate surface area is 144 Å². The average Bonchev–Trinajstić information content (AvgIpc) is 3.28. The Morgan fingerprint density at radius 2 is 2.24 bits per heavy atom. The number of nitrogens with zero attached hydrogens (tertiary/aromatic N) is 1. The van der Waals surface area contributed by atoms with Gasteiger partial charge in [0.15, 0.2) is 11.5 Å². The number of fused-ring (bicyclic) bond motifs is 3. The second kappa shape index (κ2) is 5.54. The van der Waals surface area contributed by atoms with E-state index in [1.54, 1.807) is 36.5 Å². The van der Waals surface area contributed by atoms with Crippen LogP contribution in [0.2, 0.25) is 0 Å². The summed E-state index contributed by atoms with van der Waals surface area (Å²) in [7, 11) is 1.55. The van der Waals surface area contributed by atoms with Gasteiger partial charge in [0.2, 0.25) is 0 Å². The summed E-state index contributed by atoms with van der Waals surface area (Å²) in [4.78, 5) is 29.3. The molecule has 4 rings (SSSR count). The normalized spacial score (nSPS) is 24.2. The molecule has 0 unspecified atom stereocenters. The lowest BCUT2D eigenvalue weighted by Gasteiger charge is -2.36. The molecule has 2 aliphatic rings. The summed E-state index contributed by atoms with van der Waals surface area (Å²) < 4.78 is 11.1. The monoisotopic (exact) mass is 342 g/mol. The molecule has 1 aromatic heterocycles. The smallest absolute Gasteiger partial charge is 0.315 e. The minimum Gasteiger partial charge on any atom is -0.493 e. The number of likely N-dealkylation sites (tertiary alicyclic amines) is 1. The predicted octanol–water partition coefficient (Wildman–Crippen LogP) is 1.73. The van der Waals surface area contributed by atoms with Gasteiger partial charge < -0.3 is 24.5 Å². The van der Waals surface area contributed by atoms with Crippen molar-refractivity contribution in [3.8, 4) is 11.5 Å². The fourth-order valence-electron chi connectivity index (χ4n) is 3.85. The fourth-order valence-corrected chi connectivity index (χ4v) is 3.85. The zero-order chi connectivity index (χ0) is 17.6. The molecule has 25 heavy (non-hydrogen) atoms. The van der Waals surface area contributed by atoms with Crippen molar-refractivity contribution in [1.29, 1.82) is 0 Å². The molecule has 0 bridgehead atoms. The topological polar surface area (TPSA) is 91.9 Å². The summed E-state index contributed by atoms with van der Waals surface area (Å²) in [5.74, 6) is -0.322. The van der Waals surface area contributed by atoms with E-state index < -0.39 is 11.4 Å². The number of hydrogen-bond acceptors (Lipinski definition) is 4. The Bertz CT molecular complexity index is 832. The third kappa shape index (κ3) is 2.19. The Hall–Kier alpha value is -2.96. The second-order valence-electron chi connectivity index (χ2n) is 6.47. The van der Waals surface area contributed by atoms with Crippen molar-refractivity contribution in [2.75, 3.05) is 26.8 Å². The maximum atomic E-state index is 12.7. The minimum atomic E-state index is -1.15. The Morgan fingerprint density at radius 1 is 1.40 bits per heavy atom. The summed E-state index contributed by atoms with van der Waals surface area (Å²) in [6.45, 7) is 0.463. The number of carbonyl (C=O) groups is 2. The minimum absolute atomic E-state index is 0.0112.